The molecule has 0 fully saturated rings. The fraction of sp³-hybridized carbons (Fsp3) is 0.0370. The molecular weight excluding hydrogens is 465 g/mol. The van der Waals surface area contributed by atoms with Crippen LogP contribution < -0.4 is 0 Å². The molecule has 35 heavy (non-hydrogen) atoms. The summed E-state index contributed by atoms with van der Waals surface area (Å²) in [4.78, 5) is 12.7. The first-order chi connectivity index (χ1) is 17.0. The number of carbonyl (C=O) groups excluding carboxylic acids is 1. The maximum Gasteiger partial charge on any atom is 0.185 e. The first kappa shape index (κ1) is 22.4. The van der Waals surface area contributed by atoms with Crippen molar-refractivity contribution in [3.63, 3.8) is 0 Å². The zero-order valence-electron chi connectivity index (χ0n) is 18.6. The molecule has 0 aliphatic heterocycles. The number of allylic oxidation sites excluding steroid dienone is 1. The van der Waals surface area contributed by atoms with Gasteiger partial charge in [-0.25, -0.2) is 13.8 Å². The molecule has 0 bridgehead atoms. The van der Waals surface area contributed by atoms with Crippen molar-refractivity contribution < 1.29 is 9.18 Å². The standard InChI is InChI=1S/C27H19ClFN5O/c1-18-26(30-32-34(18)24-14-12-22(29)13-15-24)27-20(17-33(31-27)23-5-3-2-4-6-23)9-16-25(35)19-7-10-21(28)11-8-19/h2-17H,1H3/b16-9+. The third-order valence-corrected chi connectivity index (χ3v) is 5.75. The van der Waals surface area contributed by atoms with Crippen molar-refractivity contribution in [2.75, 3.05) is 0 Å². The maximum atomic E-state index is 13.4. The van der Waals surface area contributed by atoms with E-state index in [4.69, 9.17) is 16.7 Å². The minimum atomic E-state index is -0.328. The average molecular weight is 484 g/mol. The van der Waals surface area contributed by atoms with E-state index in [1.807, 2.05) is 43.5 Å². The number of rotatable bonds is 6. The lowest BCUT2D eigenvalue weighted by atomic mass is 10.1. The van der Waals surface area contributed by atoms with Gasteiger partial charge < -0.3 is 0 Å². The van der Waals surface area contributed by atoms with Crippen LogP contribution in [-0.4, -0.2) is 30.6 Å². The lowest BCUT2D eigenvalue weighted by Gasteiger charge is -2.03. The predicted molar refractivity (Wildman–Crippen MR) is 133 cm³/mol. The summed E-state index contributed by atoms with van der Waals surface area (Å²) in [5, 5.41) is 13.9. The van der Waals surface area contributed by atoms with Gasteiger partial charge in [-0.05, 0) is 79.7 Å². The van der Waals surface area contributed by atoms with E-state index in [2.05, 4.69) is 10.3 Å². The molecule has 0 saturated heterocycles. The van der Waals surface area contributed by atoms with Crippen molar-refractivity contribution in [1.82, 2.24) is 24.8 Å². The van der Waals surface area contributed by atoms with Crippen LogP contribution in [0.2, 0.25) is 5.02 Å². The molecule has 3 aromatic carbocycles. The van der Waals surface area contributed by atoms with Gasteiger partial charge in [0.15, 0.2) is 5.78 Å². The molecule has 0 aliphatic rings. The Morgan fingerprint density at radius 3 is 2.34 bits per heavy atom. The first-order valence-electron chi connectivity index (χ1n) is 10.8. The predicted octanol–water partition coefficient (Wildman–Crippen LogP) is 6.12. The molecule has 6 nitrogen and oxygen atoms in total. The van der Waals surface area contributed by atoms with E-state index in [1.54, 1.807) is 51.8 Å². The van der Waals surface area contributed by atoms with Crippen molar-refractivity contribution in [2.24, 2.45) is 0 Å². The molecule has 172 valence electrons. The van der Waals surface area contributed by atoms with Crippen molar-refractivity contribution in [3.05, 3.63) is 119 Å². The van der Waals surface area contributed by atoms with Crippen molar-refractivity contribution in [2.45, 2.75) is 6.92 Å². The summed E-state index contributed by atoms with van der Waals surface area (Å²) in [5.41, 5.74) is 4.63. The summed E-state index contributed by atoms with van der Waals surface area (Å²) in [6.45, 7) is 1.87. The van der Waals surface area contributed by atoms with Crippen molar-refractivity contribution >= 4 is 23.5 Å². The van der Waals surface area contributed by atoms with Crippen LogP contribution in [0.5, 0.6) is 0 Å². The molecule has 0 radical (unpaired) electrons. The van der Waals surface area contributed by atoms with Crippen molar-refractivity contribution in [3.8, 4) is 22.8 Å². The molecule has 2 aromatic heterocycles. The van der Waals surface area contributed by atoms with E-state index < -0.39 is 0 Å². The van der Waals surface area contributed by atoms with E-state index >= 15 is 0 Å². The van der Waals surface area contributed by atoms with E-state index in [-0.39, 0.29) is 11.6 Å². The topological polar surface area (TPSA) is 65.6 Å². The van der Waals surface area contributed by atoms with Gasteiger partial charge in [-0.2, -0.15) is 5.10 Å². The summed E-state index contributed by atoms with van der Waals surface area (Å²) >= 11 is 5.93. The number of hydrogen-bond donors (Lipinski definition) is 0. The fourth-order valence-electron chi connectivity index (χ4n) is 3.66. The number of aromatic nitrogens is 5. The number of nitrogens with zero attached hydrogens (tertiary/aromatic N) is 5. The number of ketones is 1. The van der Waals surface area contributed by atoms with Gasteiger partial charge in [-0.3, -0.25) is 4.79 Å². The summed E-state index contributed by atoms with van der Waals surface area (Å²) in [5.74, 6) is -0.488. The van der Waals surface area contributed by atoms with Gasteiger partial charge in [-0.1, -0.05) is 35.0 Å². The smallest absolute Gasteiger partial charge is 0.185 e. The average Bonchev–Trinajstić information content (AvgIpc) is 3.47. The zero-order valence-corrected chi connectivity index (χ0v) is 19.4. The minimum Gasteiger partial charge on any atom is -0.289 e. The second kappa shape index (κ2) is 9.48. The van der Waals surface area contributed by atoms with Crippen LogP contribution in [0.15, 0.2) is 91.1 Å². The van der Waals surface area contributed by atoms with Gasteiger partial charge in [0, 0.05) is 22.3 Å². The number of hydrogen-bond acceptors (Lipinski definition) is 4. The van der Waals surface area contributed by atoms with Crippen LogP contribution in [0.25, 0.3) is 28.8 Å². The Labute approximate surface area is 205 Å². The maximum absolute atomic E-state index is 13.4. The molecule has 0 amide bonds. The molecule has 8 heteroatoms. The number of halogens is 2. The Hall–Kier alpha value is -4.36. The second-order valence-corrected chi connectivity index (χ2v) is 8.27. The highest BCUT2D eigenvalue weighted by atomic mass is 35.5. The fourth-order valence-corrected chi connectivity index (χ4v) is 3.78. The van der Waals surface area contributed by atoms with E-state index in [9.17, 15) is 9.18 Å². The zero-order chi connectivity index (χ0) is 24.4. The Balaban J connectivity index is 1.56. The molecule has 0 N–H and O–H groups in total. The minimum absolute atomic E-state index is 0.160. The molecule has 5 aromatic rings. The van der Waals surface area contributed by atoms with Crippen LogP contribution in [0.1, 0.15) is 21.6 Å². The summed E-state index contributed by atoms with van der Waals surface area (Å²) < 4.78 is 16.7. The lowest BCUT2D eigenvalue weighted by Crippen LogP contribution is -1.99. The Morgan fingerprint density at radius 2 is 1.63 bits per heavy atom. The van der Waals surface area contributed by atoms with Crippen molar-refractivity contribution in [1.29, 1.82) is 0 Å². The highest BCUT2D eigenvalue weighted by Gasteiger charge is 2.19. The Morgan fingerprint density at radius 1 is 0.914 bits per heavy atom. The molecule has 0 atom stereocenters. The SMILES string of the molecule is Cc1c(-c2nn(-c3ccccc3)cc2/C=C/C(=O)c2ccc(Cl)cc2)nnn1-c1ccc(F)cc1. The molecular formula is C27H19ClFN5O. The highest BCUT2D eigenvalue weighted by Crippen LogP contribution is 2.27. The van der Waals surface area contributed by atoms with Gasteiger partial charge in [0.25, 0.3) is 0 Å². The number of para-hydroxylation sites is 1. The van der Waals surface area contributed by atoms with Crippen LogP contribution in [0, 0.1) is 12.7 Å². The van der Waals surface area contributed by atoms with Crippen LogP contribution >= 0.6 is 11.6 Å². The van der Waals surface area contributed by atoms with Gasteiger partial charge in [0.05, 0.1) is 17.1 Å². The highest BCUT2D eigenvalue weighted by molar-refractivity contribution is 6.30. The molecule has 0 aliphatic carbocycles. The third kappa shape index (κ3) is 4.67. The Bertz CT molecular complexity index is 1520. The first-order valence-corrected chi connectivity index (χ1v) is 11.2. The second-order valence-electron chi connectivity index (χ2n) is 7.83. The largest absolute Gasteiger partial charge is 0.289 e. The molecule has 2 heterocycles. The lowest BCUT2D eigenvalue weighted by molar-refractivity contribution is 0.104. The van der Waals surface area contributed by atoms with Gasteiger partial charge >= 0.3 is 0 Å². The normalized spacial score (nSPS) is 11.3. The summed E-state index contributed by atoms with van der Waals surface area (Å²) in [6, 6.07) is 22.4. The Kier molecular flexibility index (Phi) is 6.08. The summed E-state index contributed by atoms with van der Waals surface area (Å²) in [7, 11) is 0. The van der Waals surface area contributed by atoms with E-state index in [0.717, 1.165) is 11.4 Å². The van der Waals surface area contributed by atoms with E-state index in [1.165, 1.54) is 18.2 Å². The van der Waals surface area contributed by atoms with Gasteiger partial charge in [0.2, 0.25) is 0 Å². The third-order valence-electron chi connectivity index (χ3n) is 5.50. The number of benzene rings is 3. The molecule has 0 spiro atoms. The number of carbonyl (C=O) groups is 1. The molecule has 0 saturated carbocycles. The van der Waals surface area contributed by atoms with Crippen LogP contribution in [0.4, 0.5) is 4.39 Å². The van der Waals surface area contributed by atoms with Gasteiger partial charge in [0.1, 0.15) is 17.2 Å². The van der Waals surface area contributed by atoms with Crippen LogP contribution in [0.3, 0.4) is 0 Å². The summed E-state index contributed by atoms with van der Waals surface area (Å²) in [6.07, 6.45) is 5.06. The van der Waals surface area contributed by atoms with Crippen LogP contribution in [-0.2, 0) is 0 Å². The monoisotopic (exact) mass is 483 g/mol. The van der Waals surface area contributed by atoms with Gasteiger partial charge in [-0.15, -0.1) is 5.10 Å². The van der Waals surface area contributed by atoms with E-state index in [0.29, 0.717) is 33.2 Å². The quantitative estimate of drug-likeness (QED) is 0.216. The molecule has 5 rings (SSSR count). The molecule has 0 unspecified atom stereocenters.